The number of hydrogen-bond acceptors (Lipinski definition) is 4. The average molecular weight is 236 g/mol. The number of nitrogens with zero attached hydrogens (tertiary/aromatic N) is 2. The van der Waals surface area contributed by atoms with E-state index in [1.165, 1.54) is 16.9 Å². The lowest BCUT2D eigenvalue weighted by atomic mass is 10.2. The monoisotopic (exact) mass is 236 g/mol. The molecule has 0 spiro atoms. The first-order chi connectivity index (χ1) is 7.68. The van der Waals surface area contributed by atoms with Gasteiger partial charge >= 0.3 is 5.97 Å². The first-order valence-corrected chi connectivity index (χ1v) is 5.38. The van der Waals surface area contributed by atoms with Crippen molar-refractivity contribution in [1.29, 1.82) is 0 Å². The third-order valence-electron chi connectivity index (χ3n) is 2.05. The Morgan fingerprint density at radius 2 is 2.31 bits per heavy atom. The van der Waals surface area contributed by atoms with E-state index in [0.29, 0.717) is 5.56 Å². The van der Waals surface area contributed by atoms with Gasteiger partial charge in [0.25, 0.3) is 5.56 Å². The Labute approximate surface area is 94.6 Å². The van der Waals surface area contributed by atoms with Crippen molar-refractivity contribution in [2.45, 2.75) is 6.54 Å². The molecule has 6 heteroatoms. The first-order valence-electron chi connectivity index (χ1n) is 4.50. The molecule has 2 heterocycles. The van der Waals surface area contributed by atoms with E-state index in [9.17, 15) is 9.59 Å². The minimum Gasteiger partial charge on any atom is -0.477 e. The summed E-state index contributed by atoms with van der Waals surface area (Å²) in [5, 5.41) is 14.5. The fraction of sp³-hybridized carbons (Fsp3) is 0.100. The van der Waals surface area contributed by atoms with Gasteiger partial charge in [0.1, 0.15) is 4.88 Å². The molecule has 0 unspecified atom stereocenters. The van der Waals surface area contributed by atoms with Gasteiger partial charge in [-0.2, -0.15) is 5.10 Å². The Kier molecular flexibility index (Phi) is 2.82. The lowest BCUT2D eigenvalue weighted by Crippen LogP contribution is -2.22. The summed E-state index contributed by atoms with van der Waals surface area (Å²) >= 11 is 1.14. The van der Waals surface area contributed by atoms with E-state index in [-0.39, 0.29) is 17.0 Å². The Morgan fingerprint density at radius 1 is 1.50 bits per heavy atom. The highest BCUT2D eigenvalue weighted by molar-refractivity contribution is 7.12. The molecule has 0 aromatic carbocycles. The van der Waals surface area contributed by atoms with Crippen molar-refractivity contribution < 1.29 is 9.90 Å². The summed E-state index contributed by atoms with van der Waals surface area (Å²) in [6.07, 6.45) is 1.49. The third-order valence-corrected chi connectivity index (χ3v) is 2.99. The van der Waals surface area contributed by atoms with Crippen LogP contribution in [0.1, 0.15) is 15.2 Å². The van der Waals surface area contributed by atoms with E-state index < -0.39 is 5.97 Å². The van der Waals surface area contributed by atoms with Crippen LogP contribution in [0.4, 0.5) is 0 Å². The van der Waals surface area contributed by atoms with Crippen LogP contribution in [0.15, 0.2) is 34.6 Å². The smallest absolute Gasteiger partial charge is 0.346 e. The normalized spacial score (nSPS) is 10.2. The number of aromatic nitrogens is 2. The van der Waals surface area contributed by atoms with Crippen molar-refractivity contribution in [3.63, 3.8) is 0 Å². The summed E-state index contributed by atoms with van der Waals surface area (Å²) in [4.78, 5) is 22.5. The maximum atomic E-state index is 11.4. The van der Waals surface area contributed by atoms with Gasteiger partial charge in [0.15, 0.2) is 0 Å². The summed E-state index contributed by atoms with van der Waals surface area (Å²) in [5.74, 6) is -0.978. The molecule has 0 aliphatic heterocycles. The topological polar surface area (TPSA) is 72.2 Å². The number of carboxylic acid groups (broad SMARTS) is 1. The molecule has 0 fully saturated rings. The van der Waals surface area contributed by atoms with Gasteiger partial charge in [0, 0.05) is 12.3 Å². The van der Waals surface area contributed by atoms with Crippen molar-refractivity contribution in [2.24, 2.45) is 0 Å². The van der Waals surface area contributed by atoms with Crippen LogP contribution in [0.3, 0.4) is 0 Å². The second-order valence-electron chi connectivity index (χ2n) is 3.10. The second kappa shape index (κ2) is 4.28. The van der Waals surface area contributed by atoms with Crippen LogP contribution in [0, 0.1) is 0 Å². The van der Waals surface area contributed by atoms with Crippen molar-refractivity contribution in [1.82, 2.24) is 9.78 Å². The molecule has 0 radical (unpaired) electrons. The predicted octanol–water partition coefficient (Wildman–Crippen LogP) is 1.05. The van der Waals surface area contributed by atoms with Gasteiger partial charge in [-0.15, -0.1) is 11.3 Å². The lowest BCUT2D eigenvalue weighted by molar-refractivity contribution is 0.0701. The van der Waals surface area contributed by atoms with Gasteiger partial charge in [-0.3, -0.25) is 4.79 Å². The molecule has 1 N–H and O–H groups in total. The van der Waals surface area contributed by atoms with Crippen molar-refractivity contribution in [2.75, 3.05) is 0 Å². The minimum absolute atomic E-state index is 0.185. The van der Waals surface area contributed by atoms with Crippen molar-refractivity contribution in [3.05, 3.63) is 50.6 Å². The fourth-order valence-corrected chi connectivity index (χ4v) is 2.07. The zero-order valence-corrected chi connectivity index (χ0v) is 8.98. The second-order valence-corrected chi connectivity index (χ2v) is 4.02. The maximum Gasteiger partial charge on any atom is 0.346 e. The summed E-state index contributed by atoms with van der Waals surface area (Å²) in [6.45, 7) is 0.185. The molecule has 0 aliphatic rings. The predicted molar refractivity (Wildman–Crippen MR) is 58.9 cm³/mol. The van der Waals surface area contributed by atoms with Crippen molar-refractivity contribution in [3.8, 4) is 0 Å². The van der Waals surface area contributed by atoms with Crippen LogP contribution in [0.25, 0.3) is 0 Å². The number of carbonyl (C=O) groups is 1. The van der Waals surface area contributed by atoms with E-state index in [1.54, 1.807) is 17.5 Å². The van der Waals surface area contributed by atoms with Crippen LogP contribution in [0.2, 0.25) is 0 Å². The van der Waals surface area contributed by atoms with Crippen LogP contribution < -0.4 is 5.56 Å². The molecular weight excluding hydrogens is 228 g/mol. The van der Waals surface area contributed by atoms with E-state index >= 15 is 0 Å². The number of aromatic carboxylic acids is 1. The van der Waals surface area contributed by atoms with E-state index in [4.69, 9.17) is 5.11 Å². The quantitative estimate of drug-likeness (QED) is 0.864. The maximum absolute atomic E-state index is 11.4. The Hall–Kier alpha value is -1.95. The summed E-state index contributed by atoms with van der Waals surface area (Å²) < 4.78 is 1.23. The SMILES string of the molecule is O=C(O)c1sccc1Cn1ncccc1=O. The number of thiophene rings is 1. The molecule has 0 amide bonds. The van der Waals surface area contributed by atoms with Gasteiger partial charge in [0.05, 0.1) is 6.54 Å². The molecule has 0 saturated carbocycles. The van der Waals surface area contributed by atoms with E-state index in [0.717, 1.165) is 11.3 Å². The van der Waals surface area contributed by atoms with Gasteiger partial charge in [0.2, 0.25) is 0 Å². The number of hydrogen-bond donors (Lipinski definition) is 1. The standard InChI is InChI=1S/C10H8N2O3S/c13-8-2-1-4-11-12(8)6-7-3-5-16-9(7)10(14)15/h1-5H,6H2,(H,14,15). The molecule has 16 heavy (non-hydrogen) atoms. The molecule has 2 aromatic rings. The largest absolute Gasteiger partial charge is 0.477 e. The van der Waals surface area contributed by atoms with Crippen LogP contribution in [0.5, 0.6) is 0 Å². The summed E-state index contributed by atoms with van der Waals surface area (Å²) in [7, 11) is 0. The zero-order chi connectivity index (χ0) is 11.5. The average Bonchev–Trinajstić information content (AvgIpc) is 2.69. The molecular formula is C10H8N2O3S. The van der Waals surface area contributed by atoms with Gasteiger partial charge in [-0.25, -0.2) is 9.48 Å². The summed E-state index contributed by atoms with van der Waals surface area (Å²) in [5.41, 5.74) is 0.350. The molecule has 82 valence electrons. The Bertz CT molecular complexity index is 573. The van der Waals surface area contributed by atoms with E-state index in [2.05, 4.69) is 5.10 Å². The first kappa shape index (κ1) is 10.6. The lowest BCUT2D eigenvalue weighted by Gasteiger charge is -2.02. The number of rotatable bonds is 3. The Balaban J connectivity index is 2.35. The molecule has 2 rings (SSSR count). The highest BCUT2D eigenvalue weighted by Crippen LogP contribution is 2.16. The summed E-state index contributed by atoms with van der Waals surface area (Å²) in [6, 6.07) is 4.62. The van der Waals surface area contributed by atoms with Gasteiger partial charge in [-0.05, 0) is 23.1 Å². The molecule has 0 saturated heterocycles. The highest BCUT2D eigenvalue weighted by atomic mass is 32.1. The molecule has 0 atom stereocenters. The molecule has 2 aromatic heterocycles. The van der Waals surface area contributed by atoms with E-state index in [1.807, 2.05) is 0 Å². The Morgan fingerprint density at radius 3 is 3.00 bits per heavy atom. The number of carboxylic acids is 1. The highest BCUT2D eigenvalue weighted by Gasteiger charge is 2.12. The minimum atomic E-state index is -0.978. The molecule has 0 bridgehead atoms. The van der Waals surface area contributed by atoms with Gasteiger partial charge in [-0.1, -0.05) is 0 Å². The zero-order valence-electron chi connectivity index (χ0n) is 8.16. The fourth-order valence-electron chi connectivity index (χ4n) is 1.32. The van der Waals surface area contributed by atoms with Gasteiger partial charge < -0.3 is 5.11 Å². The molecule has 5 nitrogen and oxygen atoms in total. The van der Waals surface area contributed by atoms with Crippen LogP contribution in [-0.2, 0) is 6.54 Å². The van der Waals surface area contributed by atoms with Crippen molar-refractivity contribution >= 4 is 17.3 Å². The van der Waals surface area contributed by atoms with Crippen LogP contribution >= 0.6 is 11.3 Å². The third kappa shape index (κ3) is 2.01. The molecule has 0 aliphatic carbocycles. The van der Waals surface area contributed by atoms with Crippen LogP contribution in [-0.4, -0.2) is 20.9 Å².